The fraction of sp³-hybridized carbons (Fsp3) is 0.370. The Morgan fingerprint density at radius 2 is 1.22 bits per heavy atom. The molecule has 0 saturated heterocycles. The highest BCUT2D eigenvalue weighted by Gasteiger charge is 2.44. The van der Waals surface area contributed by atoms with Gasteiger partial charge in [0.25, 0.3) is 0 Å². The van der Waals surface area contributed by atoms with Crippen molar-refractivity contribution < 1.29 is 8.42 Å². The lowest BCUT2D eigenvalue weighted by Crippen LogP contribution is -2.49. The second kappa shape index (κ2) is 17.1. The molecule has 2 aliphatic carbocycles. The van der Waals surface area contributed by atoms with Crippen LogP contribution in [0.4, 0.5) is 0 Å². The summed E-state index contributed by atoms with van der Waals surface area (Å²) in [6, 6.07) is 27.4. The molecule has 0 aliphatic heterocycles. The Morgan fingerprint density at radius 1 is 0.704 bits per heavy atom. The number of hydrogen-bond donors (Lipinski definition) is 1. The minimum absolute atomic E-state index is 0.0594. The van der Waals surface area contributed by atoms with E-state index in [1.54, 1.807) is 18.5 Å². The first-order chi connectivity index (χ1) is 26.0. The highest BCUT2D eigenvalue weighted by atomic mass is 32.2. The lowest BCUT2D eigenvalue weighted by molar-refractivity contribution is 0.161. The van der Waals surface area contributed by atoms with E-state index in [4.69, 9.17) is 0 Å². The lowest BCUT2D eigenvalue weighted by atomic mass is 9.68. The zero-order chi connectivity index (χ0) is 38.4. The van der Waals surface area contributed by atoms with Crippen molar-refractivity contribution in [2.24, 2.45) is 47.3 Å². The molecule has 7 nitrogen and oxygen atoms in total. The Balaban J connectivity index is 1.13. The maximum absolute atomic E-state index is 14.1. The number of allylic oxidation sites excluding steroid dienone is 2. The van der Waals surface area contributed by atoms with E-state index < -0.39 is 15.3 Å². The van der Waals surface area contributed by atoms with Crippen LogP contribution in [-0.2, 0) is 10.0 Å². The van der Waals surface area contributed by atoms with Crippen LogP contribution >= 0.6 is 0 Å². The van der Waals surface area contributed by atoms with E-state index in [1.807, 2.05) is 78.9 Å². The standard InChI is InChI=1S/C46H50N5O2S/c1-30-14-15-39(43(32(30)3)23-21-41-19-17-38(28-50-41)45-13-9-7-11-36(45)26-48)29-51-54(52,53)46-24-31(2)33(4)42(34(46)5)22-20-40-18-16-37(27-49-40)44-12-8-6-10-35(44)25-47/h6-13,15-23,27-28,30-34,39,42-43,46,51H,14,24,29H2,1-5H3/b22-20+,23-21+/t30-,31-,32+,33+,34-,39-,42-,43-,46+/m0/s1. The van der Waals surface area contributed by atoms with Crippen molar-refractivity contribution in [3.8, 4) is 34.4 Å². The molecular formula is C46H50N5O2S. The van der Waals surface area contributed by atoms with E-state index in [0.29, 0.717) is 41.8 Å². The molecule has 0 spiro atoms. The highest BCUT2D eigenvalue weighted by molar-refractivity contribution is 7.90. The third kappa shape index (κ3) is 8.57. The molecule has 4 aromatic rings. The zero-order valence-corrected chi connectivity index (χ0v) is 32.6. The van der Waals surface area contributed by atoms with Crippen LogP contribution < -0.4 is 4.72 Å². The normalized spacial score (nSPS) is 27.4. The summed E-state index contributed by atoms with van der Waals surface area (Å²) in [5.74, 6) is 1.61. The van der Waals surface area contributed by atoms with Gasteiger partial charge in [-0.05, 0) is 103 Å². The molecule has 2 heterocycles. The summed E-state index contributed by atoms with van der Waals surface area (Å²) >= 11 is 0. The van der Waals surface area contributed by atoms with Gasteiger partial charge in [0.15, 0.2) is 0 Å². The third-order valence-electron chi connectivity index (χ3n) is 12.3. The summed E-state index contributed by atoms with van der Waals surface area (Å²) in [5, 5.41) is 18.5. The summed E-state index contributed by atoms with van der Waals surface area (Å²) < 4.78 is 31.4. The van der Waals surface area contributed by atoms with Crippen LogP contribution in [0.25, 0.3) is 34.4 Å². The minimum atomic E-state index is -3.61. The molecule has 9 atom stereocenters. The number of pyridine rings is 2. The van der Waals surface area contributed by atoms with Crippen LogP contribution in [-0.4, -0.2) is 30.2 Å². The van der Waals surface area contributed by atoms with Gasteiger partial charge in [0.1, 0.15) is 0 Å². The predicted octanol–water partition coefficient (Wildman–Crippen LogP) is 9.61. The average Bonchev–Trinajstić information content (AvgIpc) is 3.19. The number of nitrogens with one attached hydrogen (secondary N) is 1. The number of rotatable bonds is 10. The van der Waals surface area contributed by atoms with Gasteiger partial charge >= 0.3 is 0 Å². The molecule has 1 N–H and O–H groups in total. The van der Waals surface area contributed by atoms with E-state index in [1.165, 1.54) is 0 Å². The number of sulfonamides is 1. The molecular weight excluding hydrogens is 687 g/mol. The van der Waals surface area contributed by atoms with Crippen molar-refractivity contribution in [1.29, 1.82) is 10.5 Å². The fourth-order valence-electron chi connectivity index (χ4n) is 8.46. The largest absolute Gasteiger partial charge is 0.256 e. The molecule has 2 aromatic carbocycles. The Kier molecular flexibility index (Phi) is 12.3. The van der Waals surface area contributed by atoms with Crippen LogP contribution in [0.3, 0.4) is 0 Å². The van der Waals surface area contributed by atoms with E-state index in [-0.39, 0.29) is 29.6 Å². The SMILES string of the molecule is C[C@H]1[C@@H](/C=C/c2ccc(-c3ccccc3C#N)cn2)[C@H](C)[C@@H](C)C[C@H]1S(=O)(=O)NC[C@@H]1[CH]C[C@H](C)[C@@H](C)[C@@H]1/C=C/c1ccc(-c2ccccc2C#N)cn1. The number of benzene rings is 2. The fourth-order valence-corrected chi connectivity index (χ4v) is 10.4. The van der Waals surface area contributed by atoms with Gasteiger partial charge in [-0.3, -0.25) is 9.97 Å². The second-order valence-corrected chi connectivity index (χ2v) is 17.5. The first-order valence-corrected chi connectivity index (χ1v) is 20.6. The van der Waals surface area contributed by atoms with E-state index >= 15 is 0 Å². The van der Waals surface area contributed by atoms with Gasteiger partial charge in [0, 0.05) is 41.2 Å². The quantitative estimate of drug-likeness (QED) is 0.173. The van der Waals surface area contributed by atoms with E-state index in [9.17, 15) is 18.9 Å². The molecule has 0 amide bonds. The number of nitriles is 2. The first-order valence-electron chi connectivity index (χ1n) is 19.1. The Morgan fingerprint density at radius 3 is 1.74 bits per heavy atom. The van der Waals surface area contributed by atoms with Gasteiger partial charge in [0.2, 0.25) is 10.0 Å². The minimum Gasteiger partial charge on any atom is -0.256 e. The second-order valence-electron chi connectivity index (χ2n) is 15.5. The van der Waals surface area contributed by atoms with Crippen LogP contribution in [0.15, 0.2) is 97.3 Å². The molecule has 54 heavy (non-hydrogen) atoms. The van der Waals surface area contributed by atoms with Crippen molar-refractivity contribution in [3.63, 3.8) is 0 Å². The lowest BCUT2D eigenvalue weighted by Gasteiger charge is -2.43. The average molecular weight is 737 g/mol. The van der Waals surface area contributed by atoms with Crippen LogP contribution in [0.5, 0.6) is 0 Å². The first kappa shape index (κ1) is 38.8. The molecule has 1 radical (unpaired) electrons. The predicted molar refractivity (Wildman–Crippen MR) is 217 cm³/mol. The maximum Gasteiger partial charge on any atom is 0.214 e. The molecule has 0 bridgehead atoms. The van der Waals surface area contributed by atoms with Gasteiger partial charge in [0.05, 0.1) is 39.9 Å². The van der Waals surface area contributed by atoms with Crippen molar-refractivity contribution in [1.82, 2.24) is 14.7 Å². The van der Waals surface area contributed by atoms with E-state index in [0.717, 1.165) is 40.1 Å². The summed E-state index contributed by atoms with van der Waals surface area (Å²) in [5.41, 5.74) is 6.35. The highest BCUT2D eigenvalue weighted by Crippen LogP contribution is 2.43. The third-order valence-corrected chi connectivity index (χ3v) is 14.3. The molecule has 0 unspecified atom stereocenters. The van der Waals surface area contributed by atoms with Crippen molar-refractivity contribution >= 4 is 22.2 Å². The summed E-state index contributed by atoms with van der Waals surface area (Å²) in [6.45, 7) is 11.4. The van der Waals surface area contributed by atoms with Crippen LogP contribution in [0.2, 0.25) is 0 Å². The molecule has 2 saturated carbocycles. The molecule has 2 aliphatic rings. The van der Waals surface area contributed by atoms with Crippen molar-refractivity contribution in [2.75, 3.05) is 6.54 Å². The van der Waals surface area contributed by atoms with Crippen molar-refractivity contribution in [3.05, 3.63) is 126 Å². The maximum atomic E-state index is 14.1. The summed E-state index contributed by atoms with van der Waals surface area (Å²) in [4.78, 5) is 9.34. The van der Waals surface area contributed by atoms with Gasteiger partial charge < -0.3 is 0 Å². The molecule has 2 aromatic heterocycles. The topological polar surface area (TPSA) is 120 Å². The summed E-state index contributed by atoms with van der Waals surface area (Å²) in [7, 11) is -3.61. The number of aromatic nitrogens is 2. The van der Waals surface area contributed by atoms with E-state index in [2.05, 4.69) is 80.0 Å². The van der Waals surface area contributed by atoms with Crippen LogP contribution in [0, 0.1) is 76.4 Å². The Bertz CT molecular complexity index is 2160. The van der Waals surface area contributed by atoms with Gasteiger partial charge in [-0.15, -0.1) is 0 Å². The number of hydrogen-bond acceptors (Lipinski definition) is 6. The molecule has 8 heteroatoms. The monoisotopic (exact) mass is 736 g/mol. The van der Waals surface area contributed by atoms with Gasteiger partial charge in [-0.1, -0.05) is 95.3 Å². The molecule has 6 rings (SSSR count). The molecule has 277 valence electrons. The van der Waals surface area contributed by atoms with Crippen LogP contribution in [0.1, 0.15) is 70.0 Å². The van der Waals surface area contributed by atoms with Crippen molar-refractivity contribution in [2.45, 2.75) is 52.7 Å². The molecule has 2 fully saturated rings. The summed E-state index contributed by atoms with van der Waals surface area (Å²) in [6.07, 6.45) is 15.9. The smallest absolute Gasteiger partial charge is 0.214 e. The Labute approximate surface area is 322 Å². The zero-order valence-electron chi connectivity index (χ0n) is 31.8. The Hall–Kier alpha value is -4.89. The van der Waals surface area contributed by atoms with Gasteiger partial charge in [-0.2, -0.15) is 10.5 Å². The number of nitrogens with zero attached hydrogens (tertiary/aromatic N) is 4. The van der Waals surface area contributed by atoms with Gasteiger partial charge in [-0.25, -0.2) is 13.1 Å².